The zero-order valence-electron chi connectivity index (χ0n) is 19.5. The number of esters is 1. The van der Waals surface area contributed by atoms with E-state index in [0.29, 0.717) is 21.7 Å². The Hall–Kier alpha value is -3.71. The smallest absolute Gasteiger partial charge is 0.340 e. The first-order valence-corrected chi connectivity index (χ1v) is 11.3. The van der Waals surface area contributed by atoms with Crippen molar-refractivity contribution in [2.75, 3.05) is 18.6 Å². The Morgan fingerprint density at radius 2 is 1.74 bits per heavy atom. The van der Waals surface area contributed by atoms with Gasteiger partial charge in [-0.3, -0.25) is 14.9 Å². The lowest BCUT2D eigenvalue weighted by Crippen LogP contribution is -2.29. The number of ether oxygens (including phenoxy) is 2. The molecule has 0 saturated carbocycles. The number of rotatable bonds is 7. The van der Waals surface area contributed by atoms with Crippen LogP contribution in [0.2, 0.25) is 5.02 Å². The highest BCUT2D eigenvalue weighted by Crippen LogP contribution is 2.33. The van der Waals surface area contributed by atoms with Gasteiger partial charge in [-0.15, -0.1) is 0 Å². The van der Waals surface area contributed by atoms with Crippen molar-refractivity contribution < 1.29 is 19.1 Å². The summed E-state index contributed by atoms with van der Waals surface area (Å²) in [5, 5.41) is 1.27. The minimum Gasteiger partial charge on any atom is -0.484 e. The Kier molecular flexibility index (Phi) is 6.65. The first-order valence-electron chi connectivity index (χ1n) is 11.0. The summed E-state index contributed by atoms with van der Waals surface area (Å²) in [7, 11) is 0. The molecule has 2 aromatic carbocycles. The molecular formula is C26H26ClN3O4. The van der Waals surface area contributed by atoms with Gasteiger partial charge in [0.25, 0.3) is 5.91 Å². The molecule has 4 aromatic rings. The fourth-order valence-corrected chi connectivity index (χ4v) is 4.23. The summed E-state index contributed by atoms with van der Waals surface area (Å²) in [5.74, 6) is -0.239. The summed E-state index contributed by atoms with van der Waals surface area (Å²) >= 11 is 6.22. The van der Waals surface area contributed by atoms with Gasteiger partial charge in [0.05, 0.1) is 17.7 Å². The standard InChI is InChI=1S/C26H26ClN3O4/c1-5-33-26(32)25-18(4)29(20-8-6-7-19(27)13-20)23-12-11-21(14-22(23)25)34-15-24(31)28-30-16(2)9-10-17(30)3/h6-14H,5,15H2,1-4H3,(H,28,31). The van der Waals surface area contributed by atoms with Gasteiger partial charge in [0, 0.05) is 33.2 Å². The molecule has 0 spiro atoms. The van der Waals surface area contributed by atoms with Gasteiger partial charge in [-0.25, -0.2) is 4.79 Å². The van der Waals surface area contributed by atoms with E-state index < -0.39 is 5.97 Å². The first kappa shape index (κ1) is 23.4. The molecule has 0 aliphatic carbocycles. The van der Waals surface area contributed by atoms with E-state index in [0.717, 1.165) is 28.3 Å². The third kappa shape index (κ3) is 4.52. The summed E-state index contributed by atoms with van der Waals surface area (Å²) in [6, 6.07) is 16.7. The molecule has 4 rings (SSSR count). The summed E-state index contributed by atoms with van der Waals surface area (Å²) in [4.78, 5) is 25.3. The number of carbonyl (C=O) groups is 2. The molecule has 176 valence electrons. The number of aryl methyl sites for hydroxylation is 2. The Morgan fingerprint density at radius 1 is 1.00 bits per heavy atom. The topological polar surface area (TPSA) is 74.5 Å². The Balaban J connectivity index is 1.67. The van der Waals surface area contributed by atoms with Crippen LogP contribution in [0.1, 0.15) is 34.4 Å². The van der Waals surface area contributed by atoms with Crippen LogP contribution in [0.15, 0.2) is 54.6 Å². The van der Waals surface area contributed by atoms with Gasteiger partial charge < -0.3 is 14.0 Å². The van der Waals surface area contributed by atoms with Crippen molar-refractivity contribution in [3.05, 3.63) is 82.3 Å². The number of fused-ring (bicyclic) bond motifs is 1. The summed E-state index contributed by atoms with van der Waals surface area (Å²) in [5.41, 5.74) is 7.46. The summed E-state index contributed by atoms with van der Waals surface area (Å²) in [6.07, 6.45) is 0. The molecule has 0 aliphatic heterocycles. The normalized spacial score (nSPS) is 11.0. The highest BCUT2D eigenvalue weighted by atomic mass is 35.5. The van der Waals surface area contributed by atoms with Crippen LogP contribution in [0.5, 0.6) is 5.75 Å². The molecule has 0 fully saturated rings. The van der Waals surface area contributed by atoms with E-state index in [1.807, 2.05) is 61.7 Å². The number of hydrogen-bond acceptors (Lipinski definition) is 4. The average molecular weight is 480 g/mol. The number of benzene rings is 2. The maximum absolute atomic E-state index is 12.8. The van der Waals surface area contributed by atoms with Gasteiger partial charge in [-0.05, 0) is 76.2 Å². The quantitative estimate of drug-likeness (QED) is 0.363. The third-order valence-electron chi connectivity index (χ3n) is 5.60. The lowest BCUT2D eigenvalue weighted by Gasteiger charge is -2.12. The van der Waals surface area contributed by atoms with Crippen LogP contribution in [-0.2, 0) is 9.53 Å². The van der Waals surface area contributed by atoms with Crippen LogP contribution in [0, 0.1) is 20.8 Å². The van der Waals surface area contributed by atoms with Gasteiger partial charge in [0.1, 0.15) is 5.75 Å². The zero-order chi connectivity index (χ0) is 24.4. The molecule has 0 bridgehead atoms. The van der Waals surface area contributed by atoms with Crippen molar-refractivity contribution in [3.8, 4) is 11.4 Å². The van der Waals surface area contributed by atoms with E-state index in [1.165, 1.54) is 0 Å². The van der Waals surface area contributed by atoms with Crippen LogP contribution < -0.4 is 10.2 Å². The fourth-order valence-electron chi connectivity index (χ4n) is 4.05. The van der Waals surface area contributed by atoms with Crippen molar-refractivity contribution in [2.45, 2.75) is 27.7 Å². The predicted molar refractivity (Wildman–Crippen MR) is 133 cm³/mol. The Bertz CT molecular complexity index is 1370. The highest BCUT2D eigenvalue weighted by molar-refractivity contribution is 6.30. The number of nitrogens with zero attached hydrogens (tertiary/aromatic N) is 2. The van der Waals surface area contributed by atoms with E-state index in [9.17, 15) is 9.59 Å². The second kappa shape index (κ2) is 9.65. The zero-order valence-corrected chi connectivity index (χ0v) is 20.3. The van der Waals surface area contributed by atoms with E-state index in [4.69, 9.17) is 21.1 Å². The molecule has 0 unspecified atom stereocenters. The maximum Gasteiger partial charge on any atom is 0.340 e. The van der Waals surface area contributed by atoms with E-state index in [-0.39, 0.29) is 19.1 Å². The lowest BCUT2D eigenvalue weighted by atomic mass is 10.1. The van der Waals surface area contributed by atoms with Gasteiger partial charge in [-0.2, -0.15) is 0 Å². The number of halogens is 1. The number of aromatic nitrogens is 2. The van der Waals surface area contributed by atoms with E-state index >= 15 is 0 Å². The molecule has 1 amide bonds. The monoisotopic (exact) mass is 479 g/mol. The van der Waals surface area contributed by atoms with Crippen molar-refractivity contribution >= 4 is 34.4 Å². The van der Waals surface area contributed by atoms with Crippen LogP contribution in [0.25, 0.3) is 16.6 Å². The van der Waals surface area contributed by atoms with E-state index in [2.05, 4.69) is 5.43 Å². The summed E-state index contributed by atoms with van der Waals surface area (Å²) < 4.78 is 14.8. The SMILES string of the molecule is CCOC(=O)c1c(C)n(-c2cccc(Cl)c2)c2ccc(OCC(=O)Nn3c(C)ccc3C)cc12. The van der Waals surface area contributed by atoms with Gasteiger partial charge in [0.15, 0.2) is 6.61 Å². The molecular weight excluding hydrogens is 454 g/mol. The predicted octanol–water partition coefficient (Wildman–Crippen LogP) is 5.34. The molecule has 7 nitrogen and oxygen atoms in total. The molecule has 2 aromatic heterocycles. The molecule has 0 atom stereocenters. The number of carbonyl (C=O) groups excluding carboxylic acids is 2. The van der Waals surface area contributed by atoms with Crippen LogP contribution in [0.3, 0.4) is 0 Å². The second-order valence-corrected chi connectivity index (χ2v) is 8.39. The molecule has 34 heavy (non-hydrogen) atoms. The Morgan fingerprint density at radius 3 is 2.41 bits per heavy atom. The first-order chi connectivity index (χ1) is 16.3. The molecule has 0 aliphatic rings. The number of nitrogens with one attached hydrogen (secondary N) is 1. The number of amides is 1. The number of hydrogen-bond donors (Lipinski definition) is 1. The van der Waals surface area contributed by atoms with Gasteiger partial charge in [-0.1, -0.05) is 17.7 Å². The summed E-state index contributed by atoms with van der Waals surface area (Å²) in [6.45, 7) is 7.54. The third-order valence-corrected chi connectivity index (χ3v) is 5.83. The lowest BCUT2D eigenvalue weighted by molar-refractivity contribution is -0.119. The molecule has 2 heterocycles. The second-order valence-electron chi connectivity index (χ2n) is 7.95. The van der Waals surface area contributed by atoms with Crippen molar-refractivity contribution in [1.29, 1.82) is 0 Å². The fraction of sp³-hybridized carbons (Fsp3) is 0.231. The van der Waals surface area contributed by atoms with Crippen molar-refractivity contribution in [2.24, 2.45) is 0 Å². The van der Waals surface area contributed by atoms with Crippen LogP contribution in [-0.4, -0.2) is 34.3 Å². The molecule has 0 radical (unpaired) electrons. The minimum atomic E-state index is -0.417. The Labute approximate surface area is 202 Å². The highest BCUT2D eigenvalue weighted by Gasteiger charge is 2.22. The van der Waals surface area contributed by atoms with Crippen LogP contribution in [0.4, 0.5) is 0 Å². The largest absolute Gasteiger partial charge is 0.484 e. The maximum atomic E-state index is 12.8. The molecule has 1 N–H and O–H groups in total. The van der Waals surface area contributed by atoms with Gasteiger partial charge in [0.2, 0.25) is 0 Å². The average Bonchev–Trinajstić information content (AvgIpc) is 3.27. The van der Waals surface area contributed by atoms with Crippen molar-refractivity contribution in [3.63, 3.8) is 0 Å². The van der Waals surface area contributed by atoms with Gasteiger partial charge >= 0.3 is 5.97 Å². The molecule has 8 heteroatoms. The van der Waals surface area contributed by atoms with E-state index in [1.54, 1.807) is 29.8 Å². The van der Waals surface area contributed by atoms with Crippen molar-refractivity contribution in [1.82, 2.24) is 9.24 Å². The van der Waals surface area contributed by atoms with Crippen LogP contribution >= 0.6 is 11.6 Å². The minimum absolute atomic E-state index is 0.175. The molecule has 0 saturated heterocycles.